The highest BCUT2D eigenvalue weighted by molar-refractivity contribution is 7.07. The third kappa shape index (κ3) is 3.72. The van der Waals surface area contributed by atoms with Crippen molar-refractivity contribution in [1.82, 2.24) is 10.3 Å². The number of alkyl halides is 3. The van der Waals surface area contributed by atoms with Crippen LogP contribution in [0.1, 0.15) is 22.1 Å². The Morgan fingerprint density at radius 1 is 1.33 bits per heavy atom. The first-order valence-electron chi connectivity index (χ1n) is 5.81. The zero-order chi connectivity index (χ0) is 15.5. The fourth-order valence-corrected chi connectivity index (χ4v) is 2.21. The molecule has 21 heavy (non-hydrogen) atoms. The lowest BCUT2D eigenvalue weighted by Gasteiger charge is -2.21. The summed E-state index contributed by atoms with van der Waals surface area (Å²) in [4.78, 5) is 15.5. The third-order valence-corrected chi connectivity index (χ3v) is 3.30. The van der Waals surface area contributed by atoms with Gasteiger partial charge in [-0.05, 0) is 17.7 Å². The Kier molecular flexibility index (Phi) is 4.46. The van der Waals surface area contributed by atoms with Crippen LogP contribution in [0.4, 0.5) is 13.2 Å². The highest BCUT2D eigenvalue weighted by atomic mass is 32.1. The molecule has 0 bridgehead atoms. The van der Waals surface area contributed by atoms with Gasteiger partial charge in [-0.25, -0.2) is 4.98 Å². The van der Waals surface area contributed by atoms with E-state index in [1.807, 2.05) is 5.32 Å². The smallest absolute Gasteiger partial charge is 0.412 e. The third-order valence-electron chi connectivity index (χ3n) is 2.72. The molecule has 0 radical (unpaired) electrons. The lowest BCUT2D eigenvalue weighted by molar-refractivity contribution is -0.155. The Labute approximate surface area is 122 Å². The van der Waals surface area contributed by atoms with Gasteiger partial charge in [-0.1, -0.05) is 12.1 Å². The molecule has 1 aromatic heterocycles. The number of nitrogens with one attached hydrogen (secondary N) is 1. The summed E-state index contributed by atoms with van der Waals surface area (Å²) in [6.45, 7) is 0. The Morgan fingerprint density at radius 3 is 2.48 bits per heavy atom. The number of nitrogens with zero attached hydrogens (tertiary/aromatic N) is 1. The van der Waals surface area contributed by atoms with Crippen molar-refractivity contribution in [1.29, 1.82) is 0 Å². The van der Waals surface area contributed by atoms with Crippen LogP contribution in [0.5, 0.6) is 5.75 Å². The molecule has 1 N–H and O–H groups in total. The topological polar surface area (TPSA) is 51.2 Å². The number of rotatable bonds is 4. The molecule has 0 aliphatic carbocycles. The van der Waals surface area contributed by atoms with Crippen LogP contribution < -0.4 is 10.1 Å². The van der Waals surface area contributed by atoms with Crippen molar-refractivity contribution in [3.05, 3.63) is 46.4 Å². The van der Waals surface area contributed by atoms with Gasteiger partial charge in [0.15, 0.2) is 6.04 Å². The Morgan fingerprint density at radius 2 is 2.00 bits per heavy atom. The van der Waals surface area contributed by atoms with E-state index in [0.717, 1.165) is 11.3 Å². The average Bonchev–Trinajstić information content (AvgIpc) is 2.98. The molecule has 2 rings (SSSR count). The van der Waals surface area contributed by atoms with Gasteiger partial charge in [0.05, 0.1) is 12.6 Å². The number of hydrogen-bond donors (Lipinski definition) is 1. The molecule has 0 saturated heterocycles. The van der Waals surface area contributed by atoms with E-state index in [4.69, 9.17) is 4.74 Å². The molecule has 1 atom stereocenters. The molecule has 0 spiro atoms. The molecule has 0 unspecified atom stereocenters. The first-order valence-corrected chi connectivity index (χ1v) is 6.76. The van der Waals surface area contributed by atoms with Crippen molar-refractivity contribution in [2.45, 2.75) is 12.2 Å². The molecule has 8 heteroatoms. The number of benzene rings is 1. The quantitative estimate of drug-likeness (QED) is 0.942. The summed E-state index contributed by atoms with van der Waals surface area (Å²) in [5.74, 6) is -0.431. The maximum absolute atomic E-state index is 13.1. The second-order valence-electron chi connectivity index (χ2n) is 4.09. The second kappa shape index (κ2) is 6.13. The average molecular weight is 316 g/mol. The zero-order valence-corrected chi connectivity index (χ0v) is 11.7. The van der Waals surface area contributed by atoms with E-state index in [1.54, 1.807) is 0 Å². The number of ether oxygens (including phenoxy) is 1. The van der Waals surface area contributed by atoms with Crippen LogP contribution in [0.15, 0.2) is 35.2 Å². The predicted molar refractivity (Wildman–Crippen MR) is 71.4 cm³/mol. The summed E-state index contributed by atoms with van der Waals surface area (Å²) in [5.41, 5.74) is 1.26. The molecule has 4 nitrogen and oxygen atoms in total. The van der Waals surface area contributed by atoms with Gasteiger partial charge in [-0.15, -0.1) is 11.3 Å². The summed E-state index contributed by atoms with van der Waals surface area (Å²) in [5, 5.41) is 3.34. The molecule has 112 valence electrons. The number of hydrogen-bond acceptors (Lipinski definition) is 4. The van der Waals surface area contributed by atoms with Gasteiger partial charge in [0.2, 0.25) is 0 Å². The van der Waals surface area contributed by atoms with Gasteiger partial charge in [-0.3, -0.25) is 4.79 Å². The summed E-state index contributed by atoms with van der Waals surface area (Å²) in [6, 6.07) is 3.24. The summed E-state index contributed by atoms with van der Waals surface area (Å²) >= 11 is 1.13. The number of methoxy groups -OCH3 is 1. The Balaban J connectivity index is 2.24. The molecule has 0 saturated carbocycles. The van der Waals surface area contributed by atoms with Crippen LogP contribution in [0, 0.1) is 0 Å². The van der Waals surface area contributed by atoms with Gasteiger partial charge in [-0.2, -0.15) is 13.2 Å². The van der Waals surface area contributed by atoms with Crippen molar-refractivity contribution < 1.29 is 22.7 Å². The van der Waals surface area contributed by atoms with E-state index in [0.29, 0.717) is 5.75 Å². The fourth-order valence-electron chi connectivity index (χ4n) is 1.68. The molecular weight excluding hydrogens is 305 g/mol. The fraction of sp³-hybridized carbons (Fsp3) is 0.231. The number of aromatic nitrogens is 1. The van der Waals surface area contributed by atoms with Gasteiger partial charge in [0.25, 0.3) is 5.91 Å². The number of carbonyl (C=O) groups excluding carboxylic acids is 1. The maximum Gasteiger partial charge on any atom is 0.412 e. The van der Waals surface area contributed by atoms with Crippen molar-refractivity contribution in [2.24, 2.45) is 0 Å². The highest BCUT2D eigenvalue weighted by Gasteiger charge is 2.42. The van der Waals surface area contributed by atoms with Crippen LogP contribution in [0.3, 0.4) is 0 Å². The molecular formula is C13H11F3N2O2S. The van der Waals surface area contributed by atoms with Gasteiger partial charge in [0, 0.05) is 5.38 Å². The zero-order valence-electron chi connectivity index (χ0n) is 10.8. The van der Waals surface area contributed by atoms with Crippen LogP contribution >= 0.6 is 11.3 Å². The molecule has 0 aliphatic heterocycles. The first kappa shape index (κ1) is 15.3. The van der Waals surface area contributed by atoms with E-state index < -0.39 is 18.1 Å². The molecule has 1 aromatic carbocycles. The molecule has 0 aliphatic rings. The van der Waals surface area contributed by atoms with E-state index in [9.17, 15) is 18.0 Å². The SMILES string of the molecule is COc1ccc([C@H](NC(=O)c2cscn2)C(F)(F)F)cc1. The largest absolute Gasteiger partial charge is 0.497 e. The molecule has 0 fully saturated rings. The number of carbonyl (C=O) groups is 1. The summed E-state index contributed by atoms with van der Waals surface area (Å²) in [7, 11) is 1.42. The van der Waals surface area contributed by atoms with Crippen LogP contribution in [-0.4, -0.2) is 24.2 Å². The highest BCUT2D eigenvalue weighted by Crippen LogP contribution is 2.33. The van der Waals surface area contributed by atoms with Crippen LogP contribution in [-0.2, 0) is 0 Å². The molecule has 1 heterocycles. The molecule has 2 aromatic rings. The van der Waals surface area contributed by atoms with E-state index >= 15 is 0 Å². The van der Waals surface area contributed by atoms with Crippen molar-refractivity contribution >= 4 is 17.2 Å². The van der Waals surface area contributed by atoms with Gasteiger partial charge in [0.1, 0.15) is 11.4 Å². The first-order chi connectivity index (χ1) is 9.91. The Hall–Kier alpha value is -2.09. The van der Waals surface area contributed by atoms with Crippen molar-refractivity contribution in [3.8, 4) is 5.75 Å². The minimum Gasteiger partial charge on any atom is -0.497 e. The number of halogens is 3. The normalized spacial score (nSPS) is 12.8. The van der Waals surface area contributed by atoms with E-state index in [2.05, 4.69) is 4.98 Å². The van der Waals surface area contributed by atoms with Crippen LogP contribution in [0.2, 0.25) is 0 Å². The number of amides is 1. The summed E-state index contributed by atoms with van der Waals surface area (Å²) < 4.78 is 44.3. The van der Waals surface area contributed by atoms with E-state index in [-0.39, 0.29) is 11.3 Å². The maximum atomic E-state index is 13.1. The standard InChI is InChI=1S/C13H11F3N2O2S/c1-20-9-4-2-8(3-5-9)11(13(14,15)16)18-12(19)10-6-21-7-17-10/h2-7,11H,1H3,(H,18,19)/t11-/m0/s1. The monoisotopic (exact) mass is 316 g/mol. The minimum atomic E-state index is -4.61. The predicted octanol–water partition coefficient (Wildman–Crippen LogP) is 3.19. The summed E-state index contributed by atoms with van der Waals surface area (Å²) in [6.07, 6.45) is -4.61. The van der Waals surface area contributed by atoms with Crippen molar-refractivity contribution in [3.63, 3.8) is 0 Å². The Bertz CT molecular complexity index is 597. The second-order valence-corrected chi connectivity index (χ2v) is 4.81. The lowest BCUT2D eigenvalue weighted by Crippen LogP contribution is -2.38. The molecule has 1 amide bonds. The van der Waals surface area contributed by atoms with E-state index in [1.165, 1.54) is 42.3 Å². The van der Waals surface area contributed by atoms with Crippen molar-refractivity contribution in [2.75, 3.05) is 7.11 Å². The minimum absolute atomic E-state index is 0.0391. The van der Waals surface area contributed by atoms with Crippen LogP contribution in [0.25, 0.3) is 0 Å². The number of thiazole rings is 1. The lowest BCUT2D eigenvalue weighted by atomic mass is 10.1. The van der Waals surface area contributed by atoms with Gasteiger partial charge < -0.3 is 10.1 Å². The van der Waals surface area contributed by atoms with Gasteiger partial charge >= 0.3 is 6.18 Å².